The number of piperazine rings is 1. The number of nitrogens with one attached hydrogen (secondary N) is 1. The van der Waals surface area contributed by atoms with Crippen LogP contribution in [0.25, 0.3) is 0 Å². The molecule has 1 aliphatic heterocycles. The number of aromatic nitrogens is 2. The Hall–Kier alpha value is -2.83. The van der Waals surface area contributed by atoms with Crippen LogP contribution in [0.1, 0.15) is 30.3 Å². The van der Waals surface area contributed by atoms with Crippen molar-refractivity contribution < 1.29 is 9.53 Å². The van der Waals surface area contributed by atoms with Crippen molar-refractivity contribution in [3.63, 3.8) is 0 Å². The van der Waals surface area contributed by atoms with Crippen molar-refractivity contribution in [2.24, 2.45) is 0 Å². The average molecular weight is 369 g/mol. The number of unbranched alkanes of at least 4 members (excludes halogenated alkanes) is 1. The second-order valence-electron chi connectivity index (χ2n) is 6.52. The van der Waals surface area contributed by atoms with Gasteiger partial charge in [0.15, 0.2) is 0 Å². The number of nitrogens with zero attached hydrogens (tertiary/aromatic N) is 4. The molecule has 0 atom stereocenters. The van der Waals surface area contributed by atoms with E-state index in [-0.39, 0.29) is 5.91 Å². The van der Waals surface area contributed by atoms with Gasteiger partial charge in [-0.25, -0.2) is 9.97 Å². The number of carbonyl (C=O) groups excluding carboxylic acids is 1. The zero-order valence-corrected chi connectivity index (χ0v) is 16.0. The molecule has 7 heteroatoms. The summed E-state index contributed by atoms with van der Waals surface area (Å²) in [6, 6.07) is 9.70. The van der Waals surface area contributed by atoms with E-state index in [0.717, 1.165) is 43.9 Å². The fourth-order valence-corrected chi connectivity index (χ4v) is 3.06. The molecular formula is C20H27N5O2. The largest absolute Gasteiger partial charge is 0.497 e. The van der Waals surface area contributed by atoms with Crippen molar-refractivity contribution in [1.29, 1.82) is 0 Å². The Morgan fingerprint density at radius 3 is 2.56 bits per heavy atom. The smallest absolute Gasteiger partial charge is 0.272 e. The van der Waals surface area contributed by atoms with Crippen molar-refractivity contribution in [3.05, 3.63) is 42.2 Å². The van der Waals surface area contributed by atoms with E-state index in [2.05, 4.69) is 39.2 Å². The first kappa shape index (κ1) is 18.9. The summed E-state index contributed by atoms with van der Waals surface area (Å²) in [4.78, 5) is 25.5. The molecule has 144 valence electrons. The first-order valence-corrected chi connectivity index (χ1v) is 9.46. The lowest BCUT2D eigenvalue weighted by atomic mass is 10.2. The maximum absolute atomic E-state index is 12.8. The first-order valence-electron chi connectivity index (χ1n) is 9.46. The van der Waals surface area contributed by atoms with Crippen LogP contribution in [0.15, 0.2) is 36.5 Å². The van der Waals surface area contributed by atoms with Gasteiger partial charge < -0.3 is 19.9 Å². The highest BCUT2D eigenvalue weighted by Crippen LogP contribution is 2.21. The number of methoxy groups -OCH3 is 1. The van der Waals surface area contributed by atoms with Gasteiger partial charge in [0.05, 0.1) is 7.11 Å². The predicted octanol–water partition coefficient (Wildman–Crippen LogP) is 2.66. The predicted molar refractivity (Wildman–Crippen MR) is 107 cm³/mol. The van der Waals surface area contributed by atoms with Crippen LogP contribution in [0.3, 0.4) is 0 Å². The number of hydrogen-bond acceptors (Lipinski definition) is 6. The molecule has 1 amide bonds. The number of carbonyl (C=O) groups is 1. The van der Waals surface area contributed by atoms with Crippen molar-refractivity contribution in [1.82, 2.24) is 14.9 Å². The van der Waals surface area contributed by atoms with Gasteiger partial charge in [-0.15, -0.1) is 0 Å². The normalized spacial score (nSPS) is 14.1. The van der Waals surface area contributed by atoms with Gasteiger partial charge in [-0.2, -0.15) is 0 Å². The van der Waals surface area contributed by atoms with E-state index in [0.29, 0.717) is 24.7 Å². The van der Waals surface area contributed by atoms with Crippen LogP contribution in [-0.4, -0.2) is 60.6 Å². The molecule has 0 spiro atoms. The second-order valence-corrected chi connectivity index (χ2v) is 6.52. The maximum Gasteiger partial charge on any atom is 0.272 e. The molecule has 3 rings (SSSR count). The average Bonchev–Trinajstić information content (AvgIpc) is 2.74. The van der Waals surface area contributed by atoms with Gasteiger partial charge in [0.25, 0.3) is 5.91 Å². The summed E-state index contributed by atoms with van der Waals surface area (Å²) in [5.41, 5.74) is 1.59. The molecule has 1 saturated heterocycles. The minimum absolute atomic E-state index is 0.0367. The Kier molecular flexibility index (Phi) is 6.46. The fraction of sp³-hybridized carbons (Fsp3) is 0.450. The lowest BCUT2D eigenvalue weighted by molar-refractivity contribution is 0.0741. The van der Waals surface area contributed by atoms with Gasteiger partial charge in [-0.05, 0) is 36.8 Å². The monoisotopic (exact) mass is 369 g/mol. The molecule has 2 heterocycles. The Morgan fingerprint density at radius 1 is 1.15 bits per heavy atom. The van der Waals surface area contributed by atoms with Crippen LogP contribution in [0, 0.1) is 0 Å². The van der Waals surface area contributed by atoms with E-state index in [9.17, 15) is 4.79 Å². The van der Waals surface area contributed by atoms with E-state index in [1.165, 1.54) is 0 Å². The number of anilines is 2. The molecule has 1 N–H and O–H groups in total. The molecular weight excluding hydrogens is 342 g/mol. The van der Waals surface area contributed by atoms with Crippen LogP contribution < -0.4 is 15.0 Å². The third-order valence-electron chi connectivity index (χ3n) is 4.69. The summed E-state index contributed by atoms with van der Waals surface area (Å²) in [5.74, 6) is 1.33. The number of hydrogen-bond donors (Lipinski definition) is 1. The van der Waals surface area contributed by atoms with Crippen molar-refractivity contribution in [2.45, 2.75) is 19.8 Å². The van der Waals surface area contributed by atoms with Gasteiger partial charge >= 0.3 is 0 Å². The summed E-state index contributed by atoms with van der Waals surface area (Å²) in [7, 11) is 1.66. The Balaban J connectivity index is 1.57. The van der Waals surface area contributed by atoms with E-state index in [1.807, 2.05) is 17.0 Å². The van der Waals surface area contributed by atoms with Gasteiger partial charge in [0.2, 0.25) is 5.95 Å². The molecule has 2 aromatic rings. The minimum Gasteiger partial charge on any atom is -0.497 e. The lowest BCUT2D eigenvalue weighted by Gasteiger charge is -2.36. The Labute approximate surface area is 160 Å². The summed E-state index contributed by atoms with van der Waals surface area (Å²) < 4.78 is 5.21. The molecule has 0 aliphatic carbocycles. The molecule has 7 nitrogen and oxygen atoms in total. The summed E-state index contributed by atoms with van der Waals surface area (Å²) in [6.07, 6.45) is 3.79. The van der Waals surface area contributed by atoms with Crippen LogP contribution in [-0.2, 0) is 0 Å². The number of rotatable bonds is 7. The van der Waals surface area contributed by atoms with Crippen molar-refractivity contribution in [2.75, 3.05) is 50.1 Å². The van der Waals surface area contributed by atoms with Crippen LogP contribution in [0.2, 0.25) is 0 Å². The standard InChI is InChI=1S/C20H27N5O2/c1-3-4-10-21-20-22-11-9-18(23-20)19(26)25-14-12-24(13-15-25)16-5-7-17(27-2)8-6-16/h5-9,11H,3-4,10,12-15H2,1-2H3,(H,21,22,23). The van der Waals surface area contributed by atoms with Crippen LogP contribution in [0.4, 0.5) is 11.6 Å². The zero-order chi connectivity index (χ0) is 19.1. The van der Waals surface area contributed by atoms with Gasteiger partial charge in [0, 0.05) is 44.6 Å². The van der Waals surface area contributed by atoms with Gasteiger partial charge in [0.1, 0.15) is 11.4 Å². The van der Waals surface area contributed by atoms with Crippen molar-refractivity contribution >= 4 is 17.5 Å². The Morgan fingerprint density at radius 2 is 1.89 bits per heavy atom. The SMILES string of the molecule is CCCCNc1nccc(C(=O)N2CCN(c3ccc(OC)cc3)CC2)n1. The van der Waals surface area contributed by atoms with E-state index in [4.69, 9.17) is 4.74 Å². The third-order valence-corrected chi connectivity index (χ3v) is 4.69. The highest BCUT2D eigenvalue weighted by molar-refractivity contribution is 5.92. The van der Waals surface area contributed by atoms with Crippen LogP contribution >= 0.6 is 0 Å². The van der Waals surface area contributed by atoms with Crippen molar-refractivity contribution in [3.8, 4) is 5.75 Å². The van der Waals surface area contributed by atoms with E-state index >= 15 is 0 Å². The van der Waals surface area contributed by atoms with E-state index < -0.39 is 0 Å². The highest BCUT2D eigenvalue weighted by Gasteiger charge is 2.23. The van der Waals surface area contributed by atoms with E-state index in [1.54, 1.807) is 19.4 Å². The molecule has 0 bridgehead atoms. The topological polar surface area (TPSA) is 70.6 Å². The summed E-state index contributed by atoms with van der Waals surface area (Å²) in [6.45, 7) is 5.89. The summed E-state index contributed by atoms with van der Waals surface area (Å²) >= 11 is 0. The number of ether oxygens (including phenoxy) is 1. The zero-order valence-electron chi connectivity index (χ0n) is 16.0. The van der Waals surface area contributed by atoms with Gasteiger partial charge in [-0.1, -0.05) is 13.3 Å². The Bertz CT molecular complexity index is 742. The molecule has 0 saturated carbocycles. The summed E-state index contributed by atoms with van der Waals surface area (Å²) in [5, 5.41) is 3.17. The first-order chi connectivity index (χ1) is 13.2. The molecule has 0 unspecified atom stereocenters. The third kappa shape index (κ3) is 4.87. The van der Waals surface area contributed by atoms with Gasteiger partial charge in [-0.3, -0.25) is 4.79 Å². The minimum atomic E-state index is -0.0367. The molecule has 1 aromatic heterocycles. The number of benzene rings is 1. The van der Waals surface area contributed by atoms with Crippen LogP contribution in [0.5, 0.6) is 5.75 Å². The highest BCUT2D eigenvalue weighted by atomic mass is 16.5. The lowest BCUT2D eigenvalue weighted by Crippen LogP contribution is -2.49. The number of amides is 1. The molecule has 1 fully saturated rings. The maximum atomic E-state index is 12.8. The molecule has 0 radical (unpaired) electrons. The second kappa shape index (κ2) is 9.21. The molecule has 27 heavy (non-hydrogen) atoms. The molecule has 1 aliphatic rings. The quantitative estimate of drug-likeness (QED) is 0.757. The fourth-order valence-electron chi connectivity index (χ4n) is 3.06. The molecule has 1 aromatic carbocycles.